The average Bonchev–Trinajstić information content (AvgIpc) is 3.28. The number of fused-ring (bicyclic) bond motifs is 1. The largest absolute Gasteiger partial charge is 0.365 e. The number of hydrogen-bond acceptors (Lipinski definition) is 6. The van der Waals surface area contributed by atoms with E-state index in [-0.39, 0.29) is 11.9 Å². The van der Waals surface area contributed by atoms with Crippen molar-refractivity contribution in [1.29, 1.82) is 0 Å². The molecule has 1 fully saturated rings. The van der Waals surface area contributed by atoms with Crippen molar-refractivity contribution in [3.05, 3.63) is 71.8 Å². The van der Waals surface area contributed by atoms with E-state index in [1.807, 2.05) is 35.2 Å². The van der Waals surface area contributed by atoms with E-state index in [0.717, 1.165) is 56.0 Å². The van der Waals surface area contributed by atoms with Crippen molar-refractivity contribution < 1.29 is 4.79 Å². The van der Waals surface area contributed by atoms with Gasteiger partial charge in [-0.05, 0) is 49.4 Å². The van der Waals surface area contributed by atoms with Crippen LogP contribution in [-0.2, 0) is 12.8 Å². The van der Waals surface area contributed by atoms with Gasteiger partial charge in [0.05, 0.1) is 5.56 Å². The highest BCUT2D eigenvalue weighted by Crippen LogP contribution is 2.30. The van der Waals surface area contributed by atoms with Gasteiger partial charge in [0, 0.05) is 49.3 Å². The maximum absolute atomic E-state index is 13.4. The highest BCUT2D eigenvalue weighted by atomic mass is 16.2. The number of para-hydroxylation sites is 1. The van der Waals surface area contributed by atoms with E-state index in [9.17, 15) is 4.79 Å². The van der Waals surface area contributed by atoms with Crippen molar-refractivity contribution >= 4 is 23.2 Å². The molecule has 7 heteroatoms. The number of hydrogen-bond donors (Lipinski definition) is 1. The highest BCUT2D eigenvalue weighted by Gasteiger charge is 2.28. The molecule has 3 aromatic rings. The summed E-state index contributed by atoms with van der Waals surface area (Å²) in [6.45, 7) is 4.59. The van der Waals surface area contributed by atoms with E-state index in [2.05, 4.69) is 44.2 Å². The number of piperidine rings is 1. The number of carbonyl (C=O) groups excluding carboxylic acids is 1. The molecule has 32 heavy (non-hydrogen) atoms. The van der Waals surface area contributed by atoms with E-state index in [0.29, 0.717) is 17.9 Å². The SMILES string of the molecule is CCc1cc(N2CCCC(Nc3ncccc3C(=O)N3CCc4ccccc43)C2)ncn1. The summed E-state index contributed by atoms with van der Waals surface area (Å²) >= 11 is 0. The lowest BCUT2D eigenvalue weighted by Gasteiger charge is -2.34. The molecule has 0 radical (unpaired) electrons. The van der Waals surface area contributed by atoms with Gasteiger partial charge in [-0.3, -0.25) is 4.79 Å². The number of benzene rings is 1. The second-order valence-electron chi connectivity index (χ2n) is 8.39. The van der Waals surface area contributed by atoms with Crippen LogP contribution >= 0.6 is 0 Å². The molecule has 5 rings (SSSR count). The number of nitrogens with zero attached hydrogens (tertiary/aromatic N) is 5. The molecule has 1 N–H and O–H groups in total. The van der Waals surface area contributed by atoms with Crippen molar-refractivity contribution in [3.8, 4) is 0 Å². The summed E-state index contributed by atoms with van der Waals surface area (Å²) in [7, 11) is 0. The van der Waals surface area contributed by atoms with Crippen LogP contribution in [0.5, 0.6) is 0 Å². The summed E-state index contributed by atoms with van der Waals surface area (Å²) in [6, 6.07) is 14.1. The average molecular weight is 429 g/mol. The Morgan fingerprint density at radius 3 is 2.94 bits per heavy atom. The summed E-state index contributed by atoms with van der Waals surface area (Å²) < 4.78 is 0. The van der Waals surface area contributed by atoms with Crippen LogP contribution in [0.15, 0.2) is 55.0 Å². The first-order valence-electron chi connectivity index (χ1n) is 11.4. The topological polar surface area (TPSA) is 74.2 Å². The minimum absolute atomic E-state index is 0.00148. The zero-order valence-corrected chi connectivity index (χ0v) is 18.4. The third kappa shape index (κ3) is 4.02. The molecule has 1 amide bonds. The summed E-state index contributed by atoms with van der Waals surface area (Å²) in [6.07, 6.45) is 7.26. The molecular weight excluding hydrogens is 400 g/mol. The first kappa shape index (κ1) is 20.4. The number of aromatic nitrogens is 3. The van der Waals surface area contributed by atoms with Crippen LogP contribution in [-0.4, -0.2) is 46.5 Å². The van der Waals surface area contributed by atoms with Gasteiger partial charge in [-0.1, -0.05) is 25.1 Å². The number of pyridine rings is 1. The third-order valence-corrected chi connectivity index (χ3v) is 6.33. The summed E-state index contributed by atoms with van der Waals surface area (Å²) in [5, 5.41) is 3.56. The van der Waals surface area contributed by atoms with Crippen LogP contribution < -0.4 is 15.1 Å². The summed E-state index contributed by atoms with van der Waals surface area (Å²) in [5.74, 6) is 1.63. The number of rotatable bonds is 5. The van der Waals surface area contributed by atoms with Crippen LogP contribution in [0.3, 0.4) is 0 Å². The van der Waals surface area contributed by atoms with Gasteiger partial charge in [-0.15, -0.1) is 0 Å². The fourth-order valence-corrected chi connectivity index (χ4v) is 4.64. The van der Waals surface area contributed by atoms with Crippen LogP contribution in [0.1, 0.15) is 41.4 Å². The van der Waals surface area contributed by atoms with Crippen LogP contribution in [0, 0.1) is 0 Å². The Kier molecular flexibility index (Phi) is 5.71. The quantitative estimate of drug-likeness (QED) is 0.668. The fraction of sp³-hybridized carbons (Fsp3) is 0.360. The molecule has 0 spiro atoms. The number of aryl methyl sites for hydroxylation is 1. The van der Waals surface area contributed by atoms with E-state index < -0.39 is 0 Å². The van der Waals surface area contributed by atoms with Gasteiger partial charge in [0.15, 0.2) is 0 Å². The maximum atomic E-state index is 13.4. The molecule has 1 saturated heterocycles. The van der Waals surface area contributed by atoms with Crippen LogP contribution in [0.2, 0.25) is 0 Å². The zero-order chi connectivity index (χ0) is 21.9. The molecular formula is C25H28N6O. The van der Waals surface area contributed by atoms with E-state index >= 15 is 0 Å². The Morgan fingerprint density at radius 2 is 2.03 bits per heavy atom. The second-order valence-corrected chi connectivity index (χ2v) is 8.39. The van der Waals surface area contributed by atoms with E-state index in [1.54, 1.807) is 12.5 Å². The standard InChI is InChI=1S/C25H28N6O/c1-2-19-15-23(28-17-27-19)30-13-6-8-20(16-30)29-24-21(9-5-12-26-24)25(32)31-14-11-18-7-3-4-10-22(18)31/h3-5,7,9-10,12,15,17,20H,2,6,8,11,13-14,16H2,1H3,(H,26,29). The normalized spacial score (nSPS) is 17.8. The monoisotopic (exact) mass is 428 g/mol. The highest BCUT2D eigenvalue weighted by molar-refractivity contribution is 6.10. The predicted octanol–water partition coefficient (Wildman–Crippen LogP) is 3.72. The van der Waals surface area contributed by atoms with Gasteiger partial charge >= 0.3 is 0 Å². The molecule has 1 aromatic carbocycles. The molecule has 1 atom stereocenters. The molecule has 164 valence electrons. The van der Waals surface area contributed by atoms with Crippen LogP contribution in [0.25, 0.3) is 0 Å². The van der Waals surface area contributed by atoms with E-state index in [1.165, 1.54) is 5.56 Å². The van der Waals surface area contributed by atoms with Crippen molar-refractivity contribution in [2.45, 2.75) is 38.6 Å². The molecule has 2 aliphatic rings. The summed E-state index contributed by atoms with van der Waals surface area (Å²) in [4.78, 5) is 31.0. The lowest BCUT2D eigenvalue weighted by atomic mass is 10.0. The van der Waals surface area contributed by atoms with Gasteiger partial charge in [0.1, 0.15) is 18.0 Å². The molecule has 1 unspecified atom stereocenters. The van der Waals surface area contributed by atoms with Gasteiger partial charge in [-0.25, -0.2) is 15.0 Å². The molecule has 0 saturated carbocycles. The lowest BCUT2D eigenvalue weighted by Crippen LogP contribution is -2.43. The number of nitrogens with one attached hydrogen (secondary N) is 1. The number of anilines is 3. The minimum Gasteiger partial charge on any atom is -0.365 e. The second kappa shape index (κ2) is 8.94. The molecule has 0 bridgehead atoms. The number of carbonyl (C=O) groups is 1. The number of amides is 1. The third-order valence-electron chi connectivity index (χ3n) is 6.33. The Bertz CT molecular complexity index is 1120. The van der Waals surface area contributed by atoms with Gasteiger partial charge < -0.3 is 15.1 Å². The Morgan fingerprint density at radius 1 is 1.12 bits per heavy atom. The first-order chi connectivity index (χ1) is 15.7. The molecule has 0 aliphatic carbocycles. The van der Waals surface area contributed by atoms with Crippen molar-refractivity contribution in [2.24, 2.45) is 0 Å². The maximum Gasteiger partial charge on any atom is 0.262 e. The lowest BCUT2D eigenvalue weighted by molar-refractivity contribution is 0.0990. The Labute approximate surface area is 188 Å². The van der Waals surface area contributed by atoms with Crippen molar-refractivity contribution in [3.63, 3.8) is 0 Å². The molecule has 2 aliphatic heterocycles. The Hall–Kier alpha value is -3.48. The molecule has 4 heterocycles. The van der Waals surface area contributed by atoms with E-state index in [4.69, 9.17) is 0 Å². The predicted molar refractivity (Wildman–Crippen MR) is 126 cm³/mol. The van der Waals surface area contributed by atoms with Crippen LogP contribution in [0.4, 0.5) is 17.3 Å². The minimum atomic E-state index is 0.00148. The zero-order valence-electron chi connectivity index (χ0n) is 18.4. The van der Waals surface area contributed by atoms with Gasteiger partial charge in [0.25, 0.3) is 5.91 Å². The summed E-state index contributed by atoms with van der Waals surface area (Å²) in [5.41, 5.74) is 3.90. The van der Waals surface area contributed by atoms with Gasteiger partial charge in [0.2, 0.25) is 0 Å². The van der Waals surface area contributed by atoms with Crippen molar-refractivity contribution in [2.75, 3.05) is 34.8 Å². The van der Waals surface area contributed by atoms with Crippen molar-refractivity contribution in [1.82, 2.24) is 15.0 Å². The molecule has 7 nitrogen and oxygen atoms in total. The van der Waals surface area contributed by atoms with Gasteiger partial charge in [-0.2, -0.15) is 0 Å². The smallest absolute Gasteiger partial charge is 0.262 e. The first-order valence-corrected chi connectivity index (χ1v) is 11.4. The fourth-order valence-electron chi connectivity index (χ4n) is 4.64. The molecule has 2 aromatic heterocycles. The Balaban J connectivity index is 1.34.